The van der Waals surface area contributed by atoms with Crippen LogP contribution in [0.4, 0.5) is 5.69 Å². The third kappa shape index (κ3) is 5.95. The summed E-state index contributed by atoms with van der Waals surface area (Å²) >= 11 is 5.81. The molecule has 0 aliphatic rings. The molecular weight excluding hydrogens is 388 g/mol. The molecule has 0 aliphatic heterocycles. The van der Waals surface area contributed by atoms with E-state index in [1.807, 2.05) is 20.8 Å². The standard InChI is InChI=1S/C19H23ClN2O4S/c1-19(2,3)13-7-8-17(23)16(11-13)22-18(24)9-10-21-27(25,26)15-6-4-5-14(20)12-15/h4-8,11-12,21,23H,9-10H2,1-3H3,(H,22,24). The minimum absolute atomic E-state index is 0.0333. The fourth-order valence-corrected chi connectivity index (χ4v) is 3.66. The molecule has 6 nitrogen and oxygen atoms in total. The van der Waals surface area contributed by atoms with E-state index in [2.05, 4.69) is 10.0 Å². The number of benzene rings is 2. The smallest absolute Gasteiger partial charge is 0.240 e. The van der Waals surface area contributed by atoms with Crippen molar-refractivity contribution < 1.29 is 18.3 Å². The molecule has 0 bridgehead atoms. The van der Waals surface area contributed by atoms with Gasteiger partial charge in [-0.1, -0.05) is 44.5 Å². The van der Waals surface area contributed by atoms with E-state index in [1.54, 1.807) is 18.2 Å². The van der Waals surface area contributed by atoms with Gasteiger partial charge in [0.05, 0.1) is 10.6 Å². The van der Waals surface area contributed by atoms with E-state index >= 15 is 0 Å². The summed E-state index contributed by atoms with van der Waals surface area (Å²) in [7, 11) is -3.75. The highest BCUT2D eigenvalue weighted by Gasteiger charge is 2.17. The van der Waals surface area contributed by atoms with Crippen molar-refractivity contribution in [3.63, 3.8) is 0 Å². The van der Waals surface area contributed by atoms with E-state index in [-0.39, 0.29) is 29.0 Å². The zero-order valence-corrected chi connectivity index (χ0v) is 17.0. The lowest BCUT2D eigenvalue weighted by Gasteiger charge is -2.20. The van der Waals surface area contributed by atoms with Gasteiger partial charge in [0, 0.05) is 18.0 Å². The minimum Gasteiger partial charge on any atom is -0.506 e. The summed E-state index contributed by atoms with van der Waals surface area (Å²) in [6.45, 7) is 5.99. The lowest BCUT2D eigenvalue weighted by molar-refractivity contribution is -0.116. The number of aromatic hydroxyl groups is 1. The maximum Gasteiger partial charge on any atom is 0.240 e. The number of phenols is 1. The van der Waals surface area contributed by atoms with Crippen LogP contribution in [0.25, 0.3) is 0 Å². The number of halogens is 1. The summed E-state index contributed by atoms with van der Waals surface area (Å²) in [6.07, 6.45) is -0.0843. The molecule has 0 saturated heterocycles. The van der Waals surface area contributed by atoms with Crippen LogP contribution in [0.1, 0.15) is 32.8 Å². The second-order valence-electron chi connectivity index (χ2n) is 7.14. The van der Waals surface area contributed by atoms with Crippen LogP contribution >= 0.6 is 11.6 Å². The number of nitrogens with one attached hydrogen (secondary N) is 2. The second-order valence-corrected chi connectivity index (χ2v) is 9.34. The minimum atomic E-state index is -3.75. The number of hydrogen-bond acceptors (Lipinski definition) is 4. The molecular formula is C19H23ClN2O4S. The molecule has 0 heterocycles. The highest BCUT2D eigenvalue weighted by Crippen LogP contribution is 2.30. The third-order valence-electron chi connectivity index (χ3n) is 3.89. The fraction of sp³-hybridized carbons (Fsp3) is 0.316. The Labute approximate surface area is 164 Å². The Morgan fingerprint density at radius 2 is 1.85 bits per heavy atom. The van der Waals surface area contributed by atoms with Crippen molar-refractivity contribution in [1.29, 1.82) is 0 Å². The van der Waals surface area contributed by atoms with Gasteiger partial charge in [-0.05, 0) is 41.3 Å². The predicted molar refractivity (Wildman–Crippen MR) is 107 cm³/mol. The molecule has 1 amide bonds. The molecule has 0 aromatic heterocycles. The maximum absolute atomic E-state index is 12.2. The fourth-order valence-electron chi connectivity index (χ4n) is 2.33. The van der Waals surface area contributed by atoms with E-state index in [1.165, 1.54) is 24.3 Å². The Hall–Kier alpha value is -2.09. The highest BCUT2D eigenvalue weighted by atomic mass is 35.5. The third-order valence-corrected chi connectivity index (χ3v) is 5.58. The van der Waals surface area contributed by atoms with Crippen LogP contribution in [0.2, 0.25) is 5.02 Å². The van der Waals surface area contributed by atoms with Crippen LogP contribution in [-0.4, -0.2) is 26.0 Å². The molecule has 27 heavy (non-hydrogen) atoms. The Bertz CT molecular complexity index is 937. The van der Waals surface area contributed by atoms with Crippen LogP contribution in [-0.2, 0) is 20.2 Å². The molecule has 0 spiro atoms. The van der Waals surface area contributed by atoms with Crippen molar-refractivity contribution in [2.45, 2.75) is 37.5 Å². The van der Waals surface area contributed by atoms with Gasteiger partial charge in [0.15, 0.2) is 0 Å². The lowest BCUT2D eigenvalue weighted by Crippen LogP contribution is -2.28. The molecule has 3 N–H and O–H groups in total. The van der Waals surface area contributed by atoms with E-state index in [9.17, 15) is 18.3 Å². The molecule has 0 saturated carbocycles. The number of rotatable bonds is 6. The summed E-state index contributed by atoms with van der Waals surface area (Å²) < 4.78 is 26.7. The van der Waals surface area contributed by atoms with Gasteiger partial charge in [0.2, 0.25) is 15.9 Å². The quantitative estimate of drug-likeness (QED) is 0.633. The van der Waals surface area contributed by atoms with Gasteiger partial charge in [0.1, 0.15) is 5.75 Å². The Kier molecular flexibility index (Phi) is 6.51. The molecule has 0 fully saturated rings. The maximum atomic E-state index is 12.2. The average molecular weight is 411 g/mol. The summed E-state index contributed by atoms with van der Waals surface area (Å²) in [4.78, 5) is 12.2. The van der Waals surface area contributed by atoms with E-state index < -0.39 is 15.9 Å². The molecule has 2 aromatic rings. The summed E-state index contributed by atoms with van der Waals surface area (Å²) in [5, 5.41) is 12.9. The monoisotopic (exact) mass is 410 g/mol. The molecule has 0 atom stereocenters. The zero-order valence-electron chi connectivity index (χ0n) is 15.4. The van der Waals surface area contributed by atoms with Crippen LogP contribution in [0.15, 0.2) is 47.4 Å². The van der Waals surface area contributed by atoms with Crippen molar-refractivity contribution in [2.24, 2.45) is 0 Å². The van der Waals surface area contributed by atoms with Gasteiger partial charge in [-0.3, -0.25) is 4.79 Å². The first-order valence-corrected chi connectivity index (χ1v) is 10.2. The van der Waals surface area contributed by atoms with Gasteiger partial charge in [-0.15, -0.1) is 0 Å². The van der Waals surface area contributed by atoms with Crippen LogP contribution < -0.4 is 10.0 Å². The van der Waals surface area contributed by atoms with Crippen molar-refractivity contribution in [3.8, 4) is 5.75 Å². The van der Waals surface area contributed by atoms with Gasteiger partial charge in [-0.2, -0.15) is 0 Å². The predicted octanol–water partition coefficient (Wildman–Crippen LogP) is 3.65. The molecule has 0 aliphatic carbocycles. The van der Waals surface area contributed by atoms with Crippen LogP contribution in [0.5, 0.6) is 5.75 Å². The Morgan fingerprint density at radius 1 is 1.15 bits per heavy atom. The number of anilines is 1. The summed E-state index contributed by atoms with van der Waals surface area (Å²) in [6, 6.07) is 10.9. The van der Waals surface area contributed by atoms with Crippen molar-refractivity contribution >= 4 is 33.2 Å². The zero-order chi connectivity index (χ0) is 20.2. The molecule has 0 radical (unpaired) electrons. The van der Waals surface area contributed by atoms with Crippen LogP contribution in [0.3, 0.4) is 0 Å². The average Bonchev–Trinajstić information content (AvgIpc) is 2.55. The van der Waals surface area contributed by atoms with E-state index in [0.717, 1.165) is 5.56 Å². The van der Waals surface area contributed by atoms with Crippen molar-refractivity contribution in [1.82, 2.24) is 4.72 Å². The first kappa shape index (κ1) is 21.2. The van der Waals surface area contributed by atoms with E-state index in [4.69, 9.17) is 11.6 Å². The number of sulfonamides is 1. The van der Waals surface area contributed by atoms with Crippen LogP contribution in [0, 0.1) is 0 Å². The van der Waals surface area contributed by atoms with Crippen molar-refractivity contribution in [2.75, 3.05) is 11.9 Å². The number of carbonyl (C=O) groups is 1. The van der Waals surface area contributed by atoms with Gasteiger partial charge in [0.25, 0.3) is 0 Å². The number of phenolic OH excluding ortho intramolecular Hbond substituents is 1. The Balaban J connectivity index is 1.97. The van der Waals surface area contributed by atoms with Gasteiger partial charge < -0.3 is 10.4 Å². The topological polar surface area (TPSA) is 95.5 Å². The summed E-state index contributed by atoms with van der Waals surface area (Å²) in [5.41, 5.74) is 1.11. The first-order valence-electron chi connectivity index (χ1n) is 8.37. The summed E-state index contributed by atoms with van der Waals surface area (Å²) in [5.74, 6) is -0.457. The highest BCUT2D eigenvalue weighted by molar-refractivity contribution is 7.89. The molecule has 146 valence electrons. The van der Waals surface area contributed by atoms with Gasteiger partial charge >= 0.3 is 0 Å². The lowest BCUT2D eigenvalue weighted by atomic mass is 9.87. The molecule has 0 unspecified atom stereocenters. The van der Waals surface area contributed by atoms with Crippen molar-refractivity contribution in [3.05, 3.63) is 53.1 Å². The second kappa shape index (κ2) is 8.29. The number of amides is 1. The normalized spacial score (nSPS) is 12.0. The Morgan fingerprint density at radius 3 is 2.48 bits per heavy atom. The molecule has 8 heteroatoms. The van der Waals surface area contributed by atoms with E-state index in [0.29, 0.717) is 10.7 Å². The molecule has 2 aromatic carbocycles. The number of carbonyl (C=O) groups excluding carboxylic acids is 1. The molecule has 2 rings (SSSR count). The number of hydrogen-bond donors (Lipinski definition) is 3. The largest absolute Gasteiger partial charge is 0.506 e. The first-order chi connectivity index (χ1) is 12.5. The van der Waals surface area contributed by atoms with Gasteiger partial charge in [-0.25, -0.2) is 13.1 Å². The SMILES string of the molecule is CC(C)(C)c1ccc(O)c(NC(=O)CCNS(=O)(=O)c2cccc(Cl)c2)c1.